The highest BCUT2D eigenvalue weighted by atomic mass is 16.5. The molecular formula is C20H27N3O4. The molecule has 0 saturated carbocycles. The van der Waals surface area contributed by atoms with E-state index in [0.717, 1.165) is 38.1 Å². The number of carbonyl (C=O) groups excluding carboxylic acids is 1. The van der Waals surface area contributed by atoms with Crippen molar-refractivity contribution in [2.45, 2.75) is 12.8 Å². The highest BCUT2D eigenvalue weighted by Gasteiger charge is 2.26. The minimum absolute atomic E-state index is 0.00831. The van der Waals surface area contributed by atoms with Gasteiger partial charge in [-0.05, 0) is 43.0 Å². The average Bonchev–Trinajstić information content (AvgIpc) is 3.09. The predicted octanol–water partition coefficient (Wildman–Crippen LogP) is 2.60. The van der Waals surface area contributed by atoms with Gasteiger partial charge in [0.15, 0.2) is 0 Å². The Morgan fingerprint density at radius 2 is 1.89 bits per heavy atom. The Morgan fingerprint density at radius 3 is 2.52 bits per heavy atom. The number of aromatic nitrogens is 2. The van der Waals surface area contributed by atoms with Crippen LogP contribution in [-0.2, 0) is 11.8 Å². The highest BCUT2D eigenvalue weighted by molar-refractivity contribution is 5.94. The van der Waals surface area contributed by atoms with E-state index in [-0.39, 0.29) is 5.91 Å². The fourth-order valence-corrected chi connectivity index (χ4v) is 3.51. The Labute approximate surface area is 159 Å². The molecule has 0 spiro atoms. The second kappa shape index (κ2) is 8.43. The predicted molar refractivity (Wildman–Crippen MR) is 102 cm³/mol. The number of methoxy groups -OCH3 is 3. The van der Waals surface area contributed by atoms with Crippen molar-refractivity contribution >= 4 is 5.91 Å². The number of amides is 1. The van der Waals surface area contributed by atoms with Crippen molar-refractivity contribution in [2.75, 3.05) is 41.0 Å². The average molecular weight is 373 g/mol. The number of hydrogen-bond donors (Lipinski definition) is 0. The van der Waals surface area contributed by atoms with E-state index < -0.39 is 0 Å². The largest absolute Gasteiger partial charge is 0.497 e. The fourth-order valence-electron chi connectivity index (χ4n) is 3.51. The van der Waals surface area contributed by atoms with Crippen molar-refractivity contribution in [1.29, 1.82) is 0 Å². The smallest absolute Gasteiger partial charge is 0.272 e. The van der Waals surface area contributed by atoms with Crippen molar-refractivity contribution in [3.8, 4) is 22.8 Å². The summed E-state index contributed by atoms with van der Waals surface area (Å²) in [5.41, 5.74) is 2.05. The van der Waals surface area contributed by atoms with Gasteiger partial charge in [0.25, 0.3) is 5.91 Å². The summed E-state index contributed by atoms with van der Waals surface area (Å²) in [5.74, 6) is 1.94. The molecule has 0 N–H and O–H groups in total. The minimum atomic E-state index is 0.00831. The van der Waals surface area contributed by atoms with Crippen LogP contribution in [0.2, 0.25) is 0 Å². The van der Waals surface area contributed by atoms with Crippen molar-refractivity contribution in [3.63, 3.8) is 0 Å². The Kier molecular flexibility index (Phi) is 6.01. The number of carbonyl (C=O) groups is 1. The summed E-state index contributed by atoms with van der Waals surface area (Å²) in [6.45, 7) is 2.25. The first kappa shape index (κ1) is 19.2. The zero-order valence-electron chi connectivity index (χ0n) is 16.4. The van der Waals surface area contributed by atoms with Gasteiger partial charge in [0, 0.05) is 39.4 Å². The van der Waals surface area contributed by atoms with E-state index in [4.69, 9.17) is 14.2 Å². The van der Waals surface area contributed by atoms with Gasteiger partial charge in [-0.1, -0.05) is 0 Å². The van der Waals surface area contributed by atoms with Crippen LogP contribution in [0, 0.1) is 5.92 Å². The maximum absolute atomic E-state index is 13.0. The van der Waals surface area contributed by atoms with Crippen LogP contribution in [0.4, 0.5) is 0 Å². The first-order valence-electron chi connectivity index (χ1n) is 9.12. The molecule has 0 aliphatic carbocycles. The third-order valence-corrected chi connectivity index (χ3v) is 5.09. The van der Waals surface area contributed by atoms with Crippen LogP contribution in [0.15, 0.2) is 24.3 Å². The maximum atomic E-state index is 13.0. The normalized spacial score (nSPS) is 15.0. The lowest BCUT2D eigenvalue weighted by molar-refractivity contribution is 0.0603. The van der Waals surface area contributed by atoms with E-state index in [0.29, 0.717) is 28.8 Å². The fraction of sp³-hybridized carbons (Fsp3) is 0.500. The van der Waals surface area contributed by atoms with Gasteiger partial charge in [0.2, 0.25) is 0 Å². The summed E-state index contributed by atoms with van der Waals surface area (Å²) in [5, 5.41) is 4.54. The Bertz CT molecular complexity index is 795. The molecule has 7 nitrogen and oxygen atoms in total. The third-order valence-electron chi connectivity index (χ3n) is 5.09. The second-order valence-corrected chi connectivity index (χ2v) is 6.80. The molecule has 1 aliphatic heterocycles. The quantitative estimate of drug-likeness (QED) is 0.779. The van der Waals surface area contributed by atoms with E-state index in [2.05, 4.69) is 5.10 Å². The SMILES string of the molecule is COCC1CCN(C(=O)c2cc(-c3cc(OC)ccc3OC)nn2C)CC1. The van der Waals surface area contributed by atoms with Gasteiger partial charge < -0.3 is 19.1 Å². The van der Waals surface area contributed by atoms with Gasteiger partial charge in [0.1, 0.15) is 17.2 Å². The molecule has 27 heavy (non-hydrogen) atoms. The molecule has 1 saturated heterocycles. The number of ether oxygens (including phenoxy) is 3. The number of likely N-dealkylation sites (tertiary alicyclic amines) is 1. The molecular weight excluding hydrogens is 346 g/mol. The third kappa shape index (κ3) is 4.08. The highest BCUT2D eigenvalue weighted by Crippen LogP contribution is 2.33. The van der Waals surface area contributed by atoms with Crippen molar-refractivity contribution < 1.29 is 19.0 Å². The summed E-state index contributed by atoms with van der Waals surface area (Å²) in [6.07, 6.45) is 1.93. The van der Waals surface area contributed by atoms with Crippen molar-refractivity contribution in [3.05, 3.63) is 30.0 Å². The van der Waals surface area contributed by atoms with Crippen LogP contribution >= 0.6 is 0 Å². The number of aryl methyl sites for hydroxylation is 1. The Hall–Kier alpha value is -2.54. The van der Waals surface area contributed by atoms with Crippen LogP contribution in [-0.4, -0.2) is 61.6 Å². The van der Waals surface area contributed by atoms with Crippen LogP contribution in [0.25, 0.3) is 11.3 Å². The zero-order chi connectivity index (χ0) is 19.4. The topological polar surface area (TPSA) is 65.8 Å². The number of rotatable bonds is 6. The van der Waals surface area contributed by atoms with Crippen molar-refractivity contribution in [1.82, 2.24) is 14.7 Å². The molecule has 1 aromatic heterocycles. The first-order valence-corrected chi connectivity index (χ1v) is 9.12. The number of hydrogen-bond acceptors (Lipinski definition) is 5. The summed E-state index contributed by atoms with van der Waals surface area (Å²) in [7, 11) is 6.75. The number of piperidine rings is 1. The lowest BCUT2D eigenvalue weighted by Gasteiger charge is -2.31. The summed E-state index contributed by atoms with van der Waals surface area (Å²) in [4.78, 5) is 14.9. The van der Waals surface area contributed by atoms with E-state index in [9.17, 15) is 4.79 Å². The van der Waals surface area contributed by atoms with Gasteiger partial charge >= 0.3 is 0 Å². The van der Waals surface area contributed by atoms with Crippen LogP contribution < -0.4 is 9.47 Å². The molecule has 0 atom stereocenters. The lowest BCUT2D eigenvalue weighted by atomic mass is 9.97. The first-order chi connectivity index (χ1) is 13.1. The van der Waals surface area contributed by atoms with Crippen molar-refractivity contribution in [2.24, 2.45) is 13.0 Å². The van der Waals surface area contributed by atoms with Gasteiger partial charge in [-0.25, -0.2) is 0 Å². The molecule has 1 aliphatic rings. The van der Waals surface area contributed by atoms with E-state index in [1.54, 1.807) is 33.1 Å². The van der Waals surface area contributed by atoms with Crippen LogP contribution in [0.1, 0.15) is 23.3 Å². The van der Waals surface area contributed by atoms with Gasteiger partial charge in [-0.15, -0.1) is 0 Å². The molecule has 7 heteroatoms. The summed E-state index contributed by atoms with van der Waals surface area (Å²) in [6, 6.07) is 7.36. The second-order valence-electron chi connectivity index (χ2n) is 6.80. The monoisotopic (exact) mass is 373 g/mol. The van der Waals surface area contributed by atoms with Gasteiger partial charge in [-0.3, -0.25) is 9.48 Å². The van der Waals surface area contributed by atoms with Gasteiger partial charge in [-0.2, -0.15) is 5.10 Å². The molecule has 2 heterocycles. The molecule has 2 aromatic rings. The molecule has 0 bridgehead atoms. The van der Waals surface area contributed by atoms with E-state index >= 15 is 0 Å². The van der Waals surface area contributed by atoms with Crippen LogP contribution in [0.3, 0.4) is 0 Å². The number of benzene rings is 1. The molecule has 0 radical (unpaired) electrons. The standard InChI is InChI=1S/C20H27N3O4/c1-22-18(20(24)23-9-7-14(8-10-23)13-25-2)12-17(21-22)16-11-15(26-3)5-6-19(16)27-4/h5-6,11-12,14H,7-10,13H2,1-4H3. The van der Waals surface area contributed by atoms with Crippen LogP contribution in [0.5, 0.6) is 11.5 Å². The molecule has 1 aromatic carbocycles. The van der Waals surface area contributed by atoms with Gasteiger partial charge in [0.05, 0.1) is 19.9 Å². The molecule has 0 unspecified atom stereocenters. The molecule has 3 rings (SSSR count). The number of nitrogens with zero attached hydrogens (tertiary/aromatic N) is 3. The Morgan fingerprint density at radius 1 is 1.15 bits per heavy atom. The Balaban J connectivity index is 1.82. The molecule has 1 fully saturated rings. The minimum Gasteiger partial charge on any atom is -0.497 e. The maximum Gasteiger partial charge on any atom is 0.272 e. The summed E-state index contributed by atoms with van der Waals surface area (Å²) >= 11 is 0. The lowest BCUT2D eigenvalue weighted by Crippen LogP contribution is -2.40. The summed E-state index contributed by atoms with van der Waals surface area (Å²) < 4.78 is 17.6. The molecule has 146 valence electrons. The molecule has 1 amide bonds. The van der Waals surface area contributed by atoms with E-state index in [1.807, 2.05) is 29.2 Å². The van der Waals surface area contributed by atoms with E-state index in [1.165, 1.54) is 0 Å². The zero-order valence-corrected chi connectivity index (χ0v) is 16.4.